The number of ether oxygens (including phenoxy) is 2. The molecule has 0 aromatic rings. The fourth-order valence-corrected chi connectivity index (χ4v) is 1.89. The molecule has 80 valence electrons. The van der Waals surface area contributed by atoms with Gasteiger partial charge < -0.3 is 14.8 Å². The monoisotopic (exact) mass is 199 g/mol. The Morgan fingerprint density at radius 1 is 1.36 bits per heavy atom. The molecular weight excluding hydrogens is 182 g/mol. The number of esters is 1. The van der Waals surface area contributed by atoms with Gasteiger partial charge in [0, 0.05) is 0 Å². The third kappa shape index (κ3) is 1.91. The van der Waals surface area contributed by atoms with Crippen molar-refractivity contribution in [2.75, 3.05) is 20.2 Å². The standard InChI is InChI=1S/C10H17NO3/c1-13-9(12)10(14-8-2-3-8)4-6-11-7-5-10/h8,11H,2-7H2,1H3. The number of piperidine rings is 1. The van der Waals surface area contributed by atoms with Crippen LogP contribution in [0.25, 0.3) is 0 Å². The van der Waals surface area contributed by atoms with E-state index in [1.807, 2.05) is 0 Å². The van der Waals surface area contributed by atoms with Crippen molar-refractivity contribution in [1.82, 2.24) is 5.32 Å². The van der Waals surface area contributed by atoms with Gasteiger partial charge in [0.15, 0.2) is 5.60 Å². The first kappa shape index (κ1) is 9.93. The summed E-state index contributed by atoms with van der Waals surface area (Å²) in [4.78, 5) is 11.7. The average molecular weight is 199 g/mol. The number of nitrogens with one attached hydrogen (secondary N) is 1. The Balaban J connectivity index is 2.04. The van der Waals surface area contributed by atoms with E-state index in [1.165, 1.54) is 7.11 Å². The molecule has 0 radical (unpaired) electrons. The number of carbonyl (C=O) groups is 1. The summed E-state index contributed by atoms with van der Waals surface area (Å²) >= 11 is 0. The molecule has 0 bridgehead atoms. The summed E-state index contributed by atoms with van der Waals surface area (Å²) in [6, 6.07) is 0. The summed E-state index contributed by atoms with van der Waals surface area (Å²) in [5.41, 5.74) is -0.652. The first-order valence-corrected chi connectivity index (χ1v) is 5.24. The molecule has 1 aliphatic carbocycles. The number of hydrogen-bond acceptors (Lipinski definition) is 4. The lowest BCUT2D eigenvalue weighted by atomic mass is 9.92. The van der Waals surface area contributed by atoms with Gasteiger partial charge in [-0.05, 0) is 38.8 Å². The minimum absolute atomic E-state index is 0.203. The number of rotatable bonds is 3. The van der Waals surface area contributed by atoms with Crippen molar-refractivity contribution in [3.05, 3.63) is 0 Å². The quantitative estimate of drug-likeness (QED) is 0.671. The van der Waals surface area contributed by atoms with Gasteiger partial charge in [0.25, 0.3) is 0 Å². The van der Waals surface area contributed by atoms with Crippen molar-refractivity contribution >= 4 is 5.97 Å². The van der Waals surface area contributed by atoms with E-state index >= 15 is 0 Å². The van der Waals surface area contributed by atoms with Gasteiger partial charge >= 0.3 is 5.97 Å². The molecule has 0 unspecified atom stereocenters. The third-order valence-corrected chi connectivity index (χ3v) is 2.89. The molecule has 4 heteroatoms. The van der Waals surface area contributed by atoms with Gasteiger partial charge in [-0.1, -0.05) is 0 Å². The highest BCUT2D eigenvalue weighted by Crippen LogP contribution is 2.34. The van der Waals surface area contributed by atoms with Crippen LogP contribution in [-0.4, -0.2) is 37.9 Å². The summed E-state index contributed by atoms with van der Waals surface area (Å²) in [5.74, 6) is -0.203. The van der Waals surface area contributed by atoms with Crippen molar-refractivity contribution in [1.29, 1.82) is 0 Å². The zero-order valence-electron chi connectivity index (χ0n) is 8.54. The van der Waals surface area contributed by atoms with Crippen LogP contribution in [0.5, 0.6) is 0 Å². The van der Waals surface area contributed by atoms with E-state index in [1.54, 1.807) is 0 Å². The third-order valence-electron chi connectivity index (χ3n) is 2.89. The van der Waals surface area contributed by atoms with Crippen LogP contribution in [0.4, 0.5) is 0 Å². The summed E-state index contributed by atoms with van der Waals surface area (Å²) in [6.45, 7) is 1.67. The molecule has 2 aliphatic rings. The Labute approximate surface area is 84.0 Å². The molecule has 0 atom stereocenters. The van der Waals surface area contributed by atoms with Gasteiger partial charge in [-0.3, -0.25) is 0 Å². The van der Waals surface area contributed by atoms with E-state index < -0.39 is 5.60 Å². The fraction of sp³-hybridized carbons (Fsp3) is 0.900. The maximum atomic E-state index is 11.7. The molecule has 4 nitrogen and oxygen atoms in total. The van der Waals surface area contributed by atoms with E-state index in [0.717, 1.165) is 38.8 Å². The van der Waals surface area contributed by atoms with Crippen LogP contribution >= 0.6 is 0 Å². The average Bonchev–Trinajstić information content (AvgIpc) is 3.02. The molecule has 0 aromatic carbocycles. The highest BCUT2D eigenvalue weighted by Gasteiger charge is 2.45. The van der Waals surface area contributed by atoms with Crippen LogP contribution in [0.1, 0.15) is 25.7 Å². The van der Waals surface area contributed by atoms with Crippen LogP contribution in [-0.2, 0) is 14.3 Å². The predicted molar refractivity (Wildman–Crippen MR) is 51.0 cm³/mol. The van der Waals surface area contributed by atoms with E-state index in [0.29, 0.717) is 6.10 Å². The van der Waals surface area contributed by atoms with Gasteiger partial charge in [-0.25, -0.2) is 4.79 Å². The van der Waals surface area contributed by atoms with Crippen molar-refractivity contribution in [3.63, 3.8) is 0 Å². The fourth-order valence-electron chi connectivity index (χ4n) is 1.89. The number of methoxy groups -OCH3 is 1. The molecule has 0 spiro atoms. The van der Waals surface area contributed by atoms with Crippen molar-refractivity contribution in [2.24, 2.45) is 0 Å². The molecule has 2 fully saturated rings. The van der Waals surface area contributed by atoms with Gasteiger partial charge in [-0.2, -0.15) is 0 Å². The molecule has 1 heterocycles. The largest absolute Gasteiger partial charge is 0.467 e. The first-order chi connectivity index (χ1) is 6.77. The Morgan fingerprint density at radius 3 is 2.50 bits per heavy atom. The minimum Gasteiger partial charge on any atom is -0.467 e. The summed E-state index contributed by atoms with van der Waals surface area (Å²) < 4.78 is 10.7. The van der Waals surface area contributed by atoms with Crippen LogP contribution in [0.2, 0.25) is 0 Å². The van der Waals surface area contributed by atoms with Gasteiger partial charge in [0.2, 0.25) is 0 Å². The summed E-state index contributed by atoms with van der Waals surface area (Å²) in [6.07, 6.45) is 3.94. The zero-order chi connectivity index (χ0) is 10.0. The topological polar surface area (TPSA) is 47.6 Å². The van der Waals surface area contributed by atoms with Crippen molar-refractivity contribution < 1.29 is 14.3 Å². The Bertz CT molecular complexity index is 219. The lowest BCUT2D eigenvalue weighted by Gasteiger charge is -2.34. The maximum Gasteiger partial charge on any atom is 0.338 e. The lowest BCUT2D eigenvalue weighted by molar-refractivity contribution is -0.175. The second-order valence-electron chi connectivity index (χ2n) is 4.05. The van der Waals surface area contributed by atoms with Crippen LogP contribution in [0.3, 0.4) is 0 Å². The lowest BCUT2D eigenvalue weighted by Crippen LogP contribution is -2.50. The van der Waals surface area contributed by atoms with Gasteiger partial charge in [-0.15, -0.1) is 0 Å². The van der Waals surface area contributed by atoms with E-state index in [2.05, 4.69) is 5.32 Å². The normalized spacial score (nSPS) is 25.8. The summed E-state index contributed by atoms with van der Waals surface area (Å²) in [5, 5.41) is 3.22. The zero-order valence-corrected chi connectivity index (χ0v) is 8.54. The summed E-state index contributed by atoms with van der Waals surface area (Å²) in [7, 11) is 1.43. The molecule has 1 saturated carbocycles. The second-order valence-corrected chi connectivity index (χ2v) is 4.05. The molecule has 0 aromatic heterocycles. The molecule has 1 saturated heterocycles. The highest BCUT2D eigenvalue weighted by atomic mass is 16.6. The van der Waals surface area contributed by atoms with Crippen LogP contribution < -0.4 is 5.32 Å². The highest BCUT2D eigenvalue weighted by molar-refractivity contribution is 5.79. The number of hydrogen-bond donors (Lipinski definition) is 1. The molecular formula is C10H17NO3. The number of carbonyl (C=O) groups excluding carboxylic acids is 1. The second kappa shape index (κ2) is 3.87. The molecule has 14 heavy (non-hydrogen) atoms. The van der Waals surface area contributed by atoms with Crippen LogP contribution in [0, 0.1) is 0 Å². The van der Waals surface area contributed by atoms with Crippen LogP contribution in [0.15, 0.2) is 0 Å². The van der Waals surface area contributed by atoms with Gasteiger partial charge in [0.1, 0.15) is 0 Å². The maximum absolute atomic E-state index is 11.7. The minimum atomic E-state index is -0.652. The Hall–Kier alpha value is -0.610. The van der Waals surface area contributed by atoms with Gasteiger partial charge in [0.05, 0.1) is 13.2 Å². The Kier molecular flexibility index (Phi) is 2.74. The van der Waals surface area contributed by atoms with Crippen molar-refractivity contribution in [2.45, 2.75) is 37.4 Å². The molecule has 1 aliphatic heterocycles. The SMILES string of the molecule is COC(=O)C1(OC2CC2)CCNCC1. The first-order valence-electron chi connectivity index (χ1n) is 5.24. The smallest absolute Gasteiger partial charge is 0.338 e. The molecule has 0 amide bonds. The molecule has 1 N–H and O–H groups in total. The van der Waals surface area contributed by atoms with Crippen molar-refractivity contribution in [3.8, 4) is 0 Å². The van der Waals surface area contributed by atoms with E-state index in [9.17, 15) is 4.79 Å². The predicted octanol–water partition coefficient (Wildman–Crippen LogP) is 0.461. The Morgan fingerprint density at radius 2 is 2.00 bits per heavy atom. The molecule has 2 rings (SSSR count). The van der Waals surface area contributed by atoms with E-state index in [-0.39, 0.29) is 5.97 Å². The van der Waals surface area contributed by atoms with E-state index in [4.69, 9.17) is 9.47 Å².